The molecule has 1 saturated carbocycles. The standard InChI is InChI=1S/C15H26N2O3/c1-3-14(7-4-10-16-14)12(18)17-15(13(19)20)8-5-11(2)6-9-15/h11,16H,3-10H2,1-2H3,(H,17,18)(H,19,20). The Morgan fingerprint density at radius 1 is 1.30 bits per heavy atom. The highest BCUT2D eigenvalue weighted by Gasteiger charge is 2.47. The molecule has 2 fully saturated rings. The van der Waals surface area contributed by atoms with Gasteiger partial charge in [-0.2, -0.15) is 0 Å². The van der Waals surface area contributed by atoms with Crippen molar-refractivity contribution < 1.29 is 14.7 Å². The molecule has 1 unspecified atom stereocenters. The van der Waals surface area contributed by atoms with Crippen LogP contribution in [0.2, 0.25) is 0 Å². The lowest BCUT2D eigenvalue weighted by atomic mass is 9.76. The minimum absolute atomic E-state index is 0.130. The summed E-state index contributed by atoms with van der Waals surface area (Å²) in [4.78, 5) is 24.3. The van der Waals surface area contributed by atoms with Crippen LogP contribution in [0.1, 0.15) is 58.8 Å². The Balaban J connectivity index is 2.12. The van der Waals surface area contributed by atoms with Gasteiger partial charge in [-0.3, -0.25) is 4.79 Å². The fourth-order valence-corrected chi connectivity index (χ4v) is 3.45. The minimum atomic E-state index is -1.06. The molecule has 20 heavy (non-hydrogen) atoms. The molecule has 0 radical (unpaired) electrons. The fraction of sp³-hybridized carbons (Fsp3) is 0.867. The van der Waals surface area contributed by atoms with Crippen LogP contribution in [0.5, 0.6) is 0 Å². The van der Waals surface area contributed by atoms with E-state index in [-0.39, 0.29) is 5.91 Å². The lowest BCUT2D eigenvalue weighted by Gasteiger charge is -2.39. The molecule has 1 amide bonds. The number of carboxylic acids is 1. The van der Waals surface area contributed by atoms with Gasteiger partial charge in [0.15, 0.2) is 0 Å². The SMILES string of the molecule is CCC1(C(=O)NC2(C(=O)O)CCC(C)CC2)CCCN1. The summed E-state index contributed by atoms with van der Waals surface area (Å²) in [7, 11) is 0. The van der Waals surface area contributed by atoms with Crippen molar-refractivity contribution in [3.8, 4) is 0 Å². The van der Waals surface area contributed by atoms with Crippen molar-refractivity contribution in [1.82, 2.24) is 10.6 Å². The number of amides is 1. The third-order valence-electron chi connectivity index (χ3n) is 5.17. The van der Waals surface area contributed by atoms with Crippen LogP contribution < -0.4 is 10.6 Å². The van der Waals surface area contributed by atoms with E-state index in [2.05, 4.69) is 17.6 Å². The van der Waals surface area contributed by atoms with Gasteiger partial charge in [-0.15, -0.1) is 0 Å². The zero-order chi connectivity index (χ0) is 14.8. The van der Waals surface area contributed by atoms with Crippen LogP contribution in [-0.2, 0) is 9.59 Å². The molecule has 2 rings (SSSR count). The molecule has 114 valence electrons. The maximum absolute atomic E-state index is 12.6. The van der Waals surface area contributed by atoms with E-state index >= 15 is 0 Å². The van der Waals surface area contributed by atoms with Gasteiger partial charge in [-0.1, -0.05) is 13.8 Å². The Morgan fingerprint density at radius 2 is 1.95 bits per heavy atom. The quantitative estimate of drug-likeness (QED) is 0.733. The molecular weight excluding hydrogens is 256 g/mol. The molecule has 2 aliphatic rings. The van der Waals surface area contributed by atoms with Gasteiger partial charge >= 0.3 is 5.97 Å². The number of aliphatic carboxylic acids is 1. The summed E-state index contributed by atoms with van der Waals surface area (Å²) < 4.78 is 0. The summed E-state index contributed by atoms with van der Waals surface area (Å²) in [5, 5.41) is 15.7. The Kier molecular flexibility index (Phi) is 4.37. The van der Waals surface area contributed by atoms with Gasteiger partial charge in [0.2, 0.25) is 5.91 Å². The molecule has 0 aromatic heterocycles. The second kappa shape index (κ2) is 5.72. The van der Waals surface area contributed by atoms with E-state index in [9.17, 15) is 14.7 Å². The Hall–Kier alpha value is -1.10. The highest BCUT2D eigenvalue weighted by molar-refractivity contribution is 5.92. The molecule has 5 nitrogen and oxygen atoms in total. The smallest absolute Gasteiger partial charge is 0.329 e. The normalized spacial score (nSPS) is 37.6. The molecule has 0 spiro atoms. The predicted octanol–water partition coefficient (Wildman–Crippen LogP) is 1.67. The maximum atomic E-state index is 12.6. The molecule has 0 aromatic carbocycles. The third-order valence-corrected chi connectivity index (χ3v) is 5.17. The summed E-state index contributed by atoms with van der Waals surface area (Å²) in [6.45, 7) is 4.95. The first-order valence-electron chi connectivity index (χ1n) is 7.75. The summed E-state index contributed by atoms with van der Waals surface area (Å²) in [5.74, 6) is -0.472. The van der Waals surface area contributed by atoms with Gasteiger partial charge < -0.3 is 15.7 Å². The topological polar surface area (TPSA) is 78.4 Å². The van der Waals surface area contributed by atoms with Gasteiger partial charge in [0.1, 0.15) is 5.54 Å². The third kappa shape index (κ3) is 2.68. The van der Waals surface area contributed by atoms with Crippen molar-refractivity contribution in [1.29, 1.82) is 0 Å². The average molecular weight is 282 g/mol. The van der Waals surface area contributed by atoms with E-state index in [1.165, 1.54) is 0 Å². The Labute approximate surface area is 120 Å². The number of hydrogen-bond acceptors (Lipinski definition) is 3. The molecule has 1 heterocycles. The highest BCUT2D eigenvalue weighted by atomic mass is 16.4. The summed E-state index contributed by atoms with van der Waals surface area (Å²) >= 11 is 0. The molecule has 1 saturated heterocycles. The monoisotopic (exact) mass is 282 g/mol. The van der Waals surface area contributed by atoms with Crippen molar-refractivity contribution in [2.75, 3.05) is 6.54 Å². The zero-order valence-corrected chi connectivity index (χ0v) is 12.5. The van der Waals surface area contributed by atoms with E-state index in [4.69, 9.17) is 0 Å². The van der Waals surface area contributed by atoms with E-state index in [1.807, 2.05) is 6.92 Å². The Bertz CT molecular complexity index is 381. The summed E-state index contributed by atoms with van der Waals surface area (Å²) in [6, 6.07) is 0. The molecule has 1 aliphatic carbocycles. The molecule has 3 N–H and O–H groups in total. The number of carboxylic acid groups (broad SMARTS) is 1. The van der Waals surface area contributed by atoms with Crippen molar-refractivity contribution in [2.45, 2.75) is 69.9 Å². The highest BCUT2D eigenvalue weighted by Crippen LogP contribution is 2.33. The van der Waals surface area contributed by atoms with Gasteiger partial charge in [0.05, 0.1) is 5.54 Å². The molecule has 0 aromatic rings. The molecule has 0 bridgehead atoms. The second-order valence-electron chi connectivity index (χ2n) is 6.49. The van der Waals surface area contributed by atoms with E-state index in [0.717, 1.165) is 32.2 Å². The number of nitrogens with one attached hydrogen (secondary N) is 2. The number of carbonyl (C=O) groups excluding carboxylic acids is 1. The van der Waals surface area contributed by atoms with Crippen molar-refractivity contribution in [2.24, 2.45) is 5.92 Å². The van der Waals surface area contributed by atoms with Crippen LogP contribution in [-0.4, -0.2) is 34.6 Å². The van der Waals surface area contributed by atoms with Crippen LogP contribution in [0.3, 0.4) is 0 Å². The lowest BCUT2D eigenvalue weighted by molar-refractivity contribution is -0.150. The van der Waals surface area contributed by atoms with E-state index in [0.29, 0.717) is 25.2 Å². The van der Waals surface area contributed by atoms with Crippen LogP contribution in [0, 0.1) is 5.92 Å². The van der Waals surface area contributed by atoms with Crippen molar-refractivity contribution in [3.63, 3.8) is 0 Å². The Morgan fingerprint density at radius 3 is 2.40 bits per heavy atom. The lowest BCUT2D eigenvalue weighted by Crippen LogP contribution is -2.63. The van der Waals surface area contributed by atoms with Crippen LogP contribution in [0.25, 0.3) is 0 Å². The first kappa shape index (κ1) is 15.3. The van der Waals surface area contributed by atoms with Crippen molar-refractivity contribution >= 4 is 11.9 Å². The first-order valence-corrected chi connectivity index (χ1v) is 7.75. The van der Waals surface area contributed by atoms with E-state index < -0.39 is 17.0 Å². The maximum Gasteiger partial charge on any atom is 0.329 e. The molecule has 1 atom stereocenters. The van der Waals surface area contributed by atoms with Crippen LogP contribution in [0.4, 0.5) is 0 Å². The molecule has 5 heteroatoms. The number of rotatable bonds is 4. The predicted molar refractivity (Wildman–Crippen MR) is 76.4 cm³/mol. The van der Waals surface area contributed by atoms with Gasteiger partial charge in [0.25, 0.3) is 0 Å². The number of hydrogen-bond donors (Lipinski definition) is 3. The molecular formula is C15H26N2O3. The fourth-order valence-electron chi connectivity index (χ4n) is 3.45. The first-order chi connectivity index (χ1) is 9.44. The van der Waals surface area contributed by atoms with Gasteiger partial charge in [0, 0.05) is 0 Å². The second-order valence-corrected chi connectivity index (χ2v) is 6.49. The molecule has 1 aliphatic heterocycles. The zero-order valence-electron chi connectivity index (χ0n) is 12.5. The van der Waals surface area contributed by atoms with Crippen LogP contribution in [0.15, 0.2) is 0 Å². The summed E-state index contributed by atoms with van der Waals surface area (Å²) in [6.07, 6.45) is 5.26. The summed E-state index contributed by atoms with van der Waals surface area (Å²) in [5.41, 5.74) is -1.62. The average Bonchev–Trinajstić information content (AvgIpc) is 2.91. The number of carbonyl (C=O) groups is 2. The van der Waals surface area contributed by atoms with Gasteiger partial charge in [-0.25, -0.2) is 4.79 Å². The van der Waals surface area contributed by atoms with Gasteiger partial charge in [-0.05, 0) is 57.4 Å². The van der Waals surface area contributed by atoms with Crippen LogP contribution >= 0.6 is 0 Å². The largest absolute Gasteiger partial charge is 0.480 e. The minimum Gasteiger partial charge on any atom is -0.480 e. The van der Waals surface area contributed by atoms with Crippen molar-refractivity contribution in [3.05, 3.63) is 0 Å². The van der Waals surface area contributed by atoms with E-state index in [1.54, 1.807) is 0 Å².